The van der Waals surface area contributed by atoms with Gasteiger partial charge in [0.2, 0.25) is 0 Å². The molecule has 0 saturated carbocycles. The van der Waals surface area contributed by atoms with Crippen LogP contribution in [0.2, 0.25) is 0 Å². The van der Waals surface area contributed by atoms with Gasteiger partial charge in [-0.1, -0.05) is 13.8 Å². The van der Waals surface area contributed by atoms with Crippen molar-refractivity contribution in [3.05, 3.63) is 0 Å². The minimum absolute atomic E-state index is 0.119. The maximum absolute atomic E-state index is 11.6. The van der Waals surface area contributed by atoms with Gasteiger partial charge in [-0.3, -0.25) is 4.79 Å². The van der Waals surface area contributed by atoms with Gasteiger partial charge in [-0.05, 0) is 32.7 Å². The van der Waals surface area contributed by atoms with E-state index in [0.717, 1.165) is 12.8 Å². The third kappa shape index (κ3) is 3.96. The first-order valence-electron chi connectivity index (χ1n) is 6.49. The fraction of sp³-hybridized carbons (Fsp3) is 0.923. The van der Waals surface area contributed by atoms with Gasteiger partial charge >= 0.3 is 5.97 Å². The first-order valence-corrected chi connectivity index (χ1v) is 6.49. The van der Waals surface area contributed by atoms with Crippen LogP contribution in [0.15, 0.2) is 0 Å². The van der Waals surface area contributed by atoms with E-state index in [1.807, 2.05) is 14.0 Å². The van der Waals surface area contributed by atoms with E-state index in [2.05, 4.69) is 19.2 Å². The minimum atomic E-state index is -0.153. The summed E-state index contributed by atoms with van der Waals surface area (Å²) in [5.41, 5.74) is -0.153. The monoisotopic (exact) mass is 243 g/mol. The van der Waals surface area contributed by atoms with E-state index in [1.54, 1.807) is 0 Å². The van der Waals surface area contributed by atoms with Crippen molar-refractivity contribution in [3.63, 3.8) is 0 Å². The van der Waals surface area contributed by atoms with Crippen LogP contribution in [0.3, 0.4) is 0 Å². The highest BCUT2D eigenvalue weighted by Gasteiger charge is 2.38. The van der Waals surface area contributed by atoms with Gasteiger partial charge < -0.3 is 14.8 Å². The van der Waals surface area contributed by atoms with Crippen LogP contribution in [0.5, 0.6) is 0 Å². The fourth-order valence-corrected chi connectivity index (χ4v) is 2.34. The van der Waals surface area contributed by atoms with Gasteiger partial charge in [0, 0.05) is 12.1 Å². The molecule has 2 atom stereocenters. The van der Waals surface area contributed by atoms with Crippen LogP contribution in [-0.2, 0) is 14.3 Å². The second kappa shape index (κ2) is 6.36. The quantitative estimate of drug-likeness (QED) is 0.747. The summed E-state index contributed by atoms with van der Waals surface area (Å²) in [6.07, 6.45) is 2.40. The minimum Gasteiger partial charge on any atom is -0.466 e. The summed E-state index contributed by atoms with van der Waals surface area (Å²) in [7, 11) is 1.92. The van der Waals surface area contributed by atoms with Gasteiger partial charge in [0.05, 0.1) is 19.1 Å². The predicted octanol–water partition coefficient (Wildman–Crippen LogP) is 1.73. The molecule has 0 amide bonds. The van der Waals surface area contributed by atoms with Crippen LogP contribution >= 0.6 is 0 Å². The SMILES string of the molecule is CCOC(=O)CC1(NC)CCOC(C(C)C)C1. The summed E-state index contributed by atoms with van der Waals surface area (Å²) in [6, 6.07) is 0. The van der Waals surface area contributed by atoms with Gasteiger partial charge in [0.15, 0.2) is 0 Å². The molecule has 1 saturated heterocycles. The normalized spacial score (nSPS) is 29.4. The number of esters is 1. The Morgan fingerprint density at radius 3 is 2.82 bits per heavy atom. The van der Waals surface area contributed by atoms with Gasteiger partial charge in [-0.15, -0.1) is 0 Å². The number of hydrogen-bond acceptors (Lipinski definition) is 4. The Kier molecular flexibility index (Phi) is 5.40. The molecule has 0 spiro atoms. The van der Waals surface area contributed by atoms with E-state index in [9.17, 15) is 4.79 Å². The van der Waals surface area contributed by atoms with Crippen LogP contribution in [-0.4, -0.2) is 37.9 Å². The van der Waals surface area contributed by atoms with Crippen LogP contribution in [0.25, 0.3) is 0 Å². The Morgan fingerprint density at radius 2 is 2.29 bits per heavy atom. The molecule has 4 heteroatoms. The van der Waals surface area contributed by atoms with Crippen molar-refractivity contribution in [1.29, 1.82) is 0 Å². The average Bonchev–Trinajstić information content (AvgIpc) is 2.29. The average molecular weight is 243 g/mol. The molecule has 1 N–H and O–H groups in total. The molecule has 1 heterocycles. The Hall–Kier alpha value is -0.610. The number of nitrogens with one attached hydrogen (secondary N) is 1. The van der Waals surface area contributed by atoms with Crippen molar-refractivity contribution >= 4 is 5.97 Å². The second-order valence-electron chi connectivity index (χ2n) is 5.12. The van der Waals surface area contributed by atoms with E-state index in [1.165, 1.54) is 0 Å². The molecular weight excluding hydrogens is 218 g/mol. The lowest BCUT2D eigenvalue weighted by Gasteiger charge is -2.41. The molecule has 0 aromatic heterocycles. The van der Waals surface area contributed by atoms with Crippen LogP contribution in [0.4, 0.5) is 0 Å². The first-order chi connectivity index (χ1) is 8.03. The topological polar surface area (TPSA) is 47.6 Å². The van der Waals surface area contributed by atoms with E-state index in [4.69, 9.17) is 9.47 Å². The number of carbonyl (C=O) groups excluding carboxylic acids is 1. The molecule has 0 aliphatic carbocycles. The summed E-state index contributed by atoms with van der Waals surface area (Å²) in [6.45, 7) is 7.30. The van der Waals surface area contributed by atoms with Gasteiger partial charge in [-0.25, -0.2) is 0 Å². The largest absolute Gasteiger partial charge is 0.466 e. The zero-order valence-corrected chi connectivity index (χ0v) is 11.4. The van der Waals surface area contributed by atoms with Gasteiger partial charge in [0.25, 0.3) is 0 Å². The van der Waals surface area contributed by atoms with Crippen molar-refractivity contribution < 1.29 is 14.3 Å². The number of carbonyl (C=O) groups is 1. The van der Waals surface area contributed by atoms with Crippen LogP contribution in [0, 0.1) is 5.92 Å². The summed E-state index contributed by atoms with van der Waals surface area (Å²) < 4.78 is 10.8. The molecule has 17 heavy (non-hydrogen) atoms. The van der Waals surface area contributed by atoms with Gasteiger partial charge in [0.1, 0.15) is 0 Å². The highest BCUT2D eigenvalue weighted by Crippen LogP contribution is 2.31. The van der Waals surface area contributed by atoms with Crippen LogP contribution in [0.1, 0.15) is 40.0 Å². The lowest BCUT2D eigenvalue weighted by Crippen LogP contribution is -2.52. The lowest BCUT2D eigenvalue weighted by atomic mass is 9.81. The Morgan fingerprint density at radius 1 is 1.59 bits per heavy atom. The van der Waals surface area contributed by atoms with Crippen molar-refractivity contribution in [3.8, 4) is 0 Å². The molecular formula is C13H25NO3. The fourth-order valence-electron chi connectivity index (χ4n) is 2.34. The molecule has 1 aliphatic heterocycles. The summed E-state index contributed by atoms with van der Waals surface area (Å²) in [5, 5.41) is 3.31. The third-order valence-corrected chi connectivity index (χ3v) is 3.57. The molecule has 1 rings (SSSR count). The van der Waals surface area contributed by atoms with Crippen molar-refractivity contribution in [1.82, 2.24) is 5.32 Å². The van der Waals surface area contributed by atoms with E-state index in [-0.39, 0.29) is 17.6 Å². The van der Waals surface area contributed by atoms with Crippen molar-refractivity contribution in [2.24, 2.45) is 5.92 Å². The maximum Gasteiger partial charge on any atom is 0.307 e. The molecule has 100 valence electrons. The Balaban J connectivity index is 2.63. The highest BCUT2D eigenvalue weighted by atomic mass is 16.5. The highest BCUT2D eigenvalue weighted by molar-refractivity contribution is 5.71. The number of ether oxygens (including phenoxy) is 2. The molecule has 0 aromatic rings. The lowest BCUT2D eigenvalue weighted by molar-refractivity contribution is -0.147. The number of hydrogen-bond donors (Lipinski definition) is 1. The first kappa shape index (κ1) is 14.5. The zero-order valence-electron chi connectivity index (χ0n) is 11.4. The maximum atomic E-state index is 11.6. The Bertz CT molecular complexity index is 255. The van der Waals surface area contributed by atoms with E-state index >= 15 is 0 Å². The second-order valence-corrected chi connectivity index (χ2v) is 5.12. The van der Waals surface area contributed by atoms with E-state index in [0.29, 0.717) is 25.6 Å². The van der Waals surface area contributed by atoms with Crippen LogP contribution < -0.4 is 5.32 Å². The molecule has 1 fully saturated rings. The molecule has 0 bridgehead atoms. The van der Waals surface area contributed by atoms with E-state index < -0.39 is 0 Å². The summed E-state index contributed by atoms with van der Waals surface area (Å²) in [5.74, 6) is 0.358. The summed E-state index contributed by atoms with van der Waals surface area (Å²) >= 11 is 0. The van der Waals surface area contributed by atoms with Gasteiger partial charge in [-0.2, -0.15) is 0 Å². The van der Waals surface area contributed by atoms with Crippen molar-refractivity contribution in [2.45, 2.75) is 51.7 Å². The molecule has 0 aromatic carbocycles. The molecule has 0 radical (unpaired) electrons. The standard InChI is InChI=1S/C13H25NO3/c1-5-16-12(15)9-13(14-4)6-7-17-11(8-13)10(2)3/h10-11,14H,5-9H2,1-4H3. The Labute approximate surface area is 104 Å². The smallest absolute Gasteiger partial charge is 0.307 e. The molecule has 1 aliphatic rings. The zero-order chi connectivity index (χ0) is 12.9. The third-order valence-electron chi connectivity index (χ3n) is 3.57. The number of rotatable bonds is 5. The van der Waals surface area contributed by atoms with Crippen molar-refractivity contribution in [2.75, 3.05) is 20.3 Å². The summed E-state index contributed by atoms with van der Waals surface area (Å²) in [4.78, 5) is 11.6. The molecule has 2 unspecified atom stereocenters. The predicted molar refractivity (Wildman–Crippen MR) is 66.9 cm³/mol. The molecule has 4 nitrogen and oxygen atoms in total.